The van der Waals surface area contributed by atoms with E-state index in [4.69, 9.17) is 0 Å². The number of thiazole rings is 1. The summed E-state index contributed by atoms with van der Waals surface area (Å²) in [5.41, 5.74) is 1.35. The average molecular weight is 464 g/mol. The number of anilines is 1. The molecule has 0 atom stereocenters. The number of ketones is 1. The van der Waals surface area contributed by atoms with Gasteiger partial charge in [-0.1, -0.05) is 47.7 Å². The zero-order valence-electron chi connectivity index (χ0n) is 16.5. The number of amides is 1. The van der Waals surface area contributed by atoms with E-state index in [1.165, 1.54) is 18.3 Å². The summed E-state index contributed by atoms with van der Waals surface area (Å²) in [5.74, 6) is -0.396. The number of benzene rings is 1. The summed E-state index contributed by atoms with van der Waals surface area (Å²) in [4.78, 5) is 29.2. The fraction of sp³-hybridized carbons (Fsp3) is 0.250. The third-order valence-corrected chi connectivity index (χ3v) is 8.58. The Morgan fingerprint density at radius 3 is 2.50 bits per heavy atom. The molecular formula is C20H21N3O4S3. The summed E-state index contributed by atoms with van der Waals surface area (Å²) in [5, 5.41) is 4.78. The van der Waals surface area contributed by atoms with Gasteiger partial charge in [-0.2, -0.15) is 0 Å². The van der Waals surface area contributed by atoms with Crippen LogP contribution in [0.1, 0.15) is 29.4 Å². The van der Waals surface area contributed by atoms with Gasteiger partial charge in [0.15, 0.2) is 10.9 Å². The number of carbonyl (C=O) groups is 2. The molecular weight excluding hydrogens is 442 g/mol. The van der Waals surface area contributed by atoms with E-state index < -0.39 is 10.0 Å². The molecule has 158 valence electrons. The first-order valence-corrected chi connectivity index (χ1v) is 12.3. The largest absolute Gasteiger partial charge is 0.302 e. The van der Waals surface area contributed by atoms with Gasteiger partial charge in [-0.3, -0.25) is 9.59 Å². The van der Waals surface area contributed by atoms with Crippen LogP contribution in [-0.4, -0.2) is 43.0 Å². The lowest BCUT2D eigenvalue weighted by Gasteiger charge is -2.15. The lowest BCUT2D eigenvalue weighted by atomic mass is 10.1. The van der Waals surface area contributed by atoms with Gasteiger partial charge in [-0.15, -0.1) is 11.3 Å². The fourth-order valence-corrected chi connectivity index (χ4v) is 6.04. The Morgan fingerprint density at radius 2 is 1.87 bits per heavy atom. The van der Waals surface area contributed by atoms with Gasteiger partial charge in [-0.25, -0.2) is 17.7 Å². The second-order valence-corrected chi connectivity index (χ2v) is 10.7. The molecule has 10 heteroatoms. The van der Waals surface area contributed by atoms with Crippen molar-refractivity contribution >= 4 is 49.5 Å². The van der Waals surface area contributed by atoms with E-state index >= 15 is 0 Å². The van der Waals surface area contributed by atoms with E-state index in [9.17, 15) is 18.0 Å². The Balaban J connectivity index is 1.60. The zero-order valence-corrected chi connectivity index (χ0v) is 18.9. The third-order valence-electron chi connectivity index (χ3n) is 4.28. The molecule has 0 radical (unpaired) electrons. The van der Waals surface area contributed by atoms with Crippen molar-refractivity contribution in [3.63, 3.8) is 0 Å². The van der Waals surface area contributed by atoms with E-state index in [0.29, 0.717) is 22.1 Å². The molecule has 0 fully saturated rings. The molecule has 3 rings (SSSR count). The second kappa shape index (κ2) is 9.61. The summed E-state index contributed by atoms with van der Waals surface area (Å²) >= 11 is 2.30. The molecule has 0 bridgehead atoms. The first-order valence-electron chi connectivity index (χ1n) is 9.16. The molecule has 1 aromatic carbocycles. The quantitative estimate of drug-likeness (QED) is 0.482. The first-order chi connectivity index (χ1) is 14.3. The Bertz CT molecular complexity index is 1120. The van der Waals surface area contributed by atoms with Crippen LogP contribution < -0.4 is 5.32 Å². The number of nitrogens with one attached hydrogen (secondary N) is 1. The van der Waals surface area contributed by atoms with Crippen molar-refractivity contribution in [3.05, 3.63) is 52.7 Å². The van der Waals surface area contributed by atoms with Crippen LogP contribution in [0.4, 0.5) is 5.13 Å². The predicted molar refractivity (Wildman–Crippen MR) is 120 cm³/mol. The van der Waals surface area contributed by atoms with Crippen LogP contribution in [0.3, 0.4) is 0 Å². The van der Waals surface area contributed by atoms with E-state index in [1.54, 1.807) is 17.5 Å². The van der Waals surface area contributed by atoms with Gasteiger partial charge in [-0.05, 0) is 17.9 Å². The Hall–Kier alpha value is -2.40. The fourth-order valence-electron chi connectivity index (χ4n) is 2.73. The minimum atomic E-state index is -3.52. The number of sulfonamides is 1. The molecule has 2 heterocycles. The molecule has 0 saturated carbocycles. The normalized spacial score (nSPS) is 11.6. The maximum absolute atomic E-state index is 12.4. The number of Topliss-reactive ketones (excluding diaryl/α,β-unsaturated/α-hetero) is 1. The van der Waals surface area contributed by atoms with Crippen LogP contribution in [0.15, 0.2) is 52.1 Å². The van der Waals surface area contributed by atoms with Crippen molar-refractivity contribution < 1.29 is 18.0 Å². The van der Waals surface area contributed by atoms with Crippen molar-refractivity contribution in [2.45, 2.75) is 24.0 Å². The first kappa shape index (κ1) is 22.3. The molecule has 0 aliphatic heterocycles. The number of carbonyl (C=O) groups excluding carboxylic acids is 2. The van der Waals surface area contributed by atoms with Crippen LogP contribution in [-0.2, 0) is 14.8 Å². The Morgan fingerprint density at radius 1 is 1.13 bits per heavy atom. The van der Waals surface area contributed by atoms with E-state index in [0.717, 1.165) is 28.2 Å². The standard InChI is InChI=1S/C20H21N3O4S3/c1-14(24)19-18(15-8-4-3-5-9-15)22-20(29-19)21-16(25)10-6-12-23(2)30(26,27)17-11-7-13-28-17/h3-5,7-9,11,13H,6,10,12H2,1-2H3,(H,21,22,25). The molecule has 0 saturated heterocycles. The number of nitrogens with zero attached hydrogens (tertiary/aromatic N) is 2. The van der Waals surface area contributed by atoms with Gasteiger partial charge >= 0.3 is 0 Å². The number of hydrogen-bond acceptors (Lipinski definition) is 7. The average Bonchev–Trinajstić information content (AvgIpc) is 3.39. The van der Waals surface area contributed by atoms with Crippen LogP contribution in [0, 0.1) is 0 Å². The van der Waals surface area contributed by atoms with Gasteiger partial charge in [0.2, 0.25) is 5.91 Å². The summed E-state index contributed by atoms with van der Waals surface area (Å²) in [6.07, 6.45) is 0.503. The Labute approximate surface area is 183 Å². The van der Waals surface area contributed by atoms with Crippen LogP contribution >= 0.6 is 22.7 Å². The topological polar surface area (TPSA) is 96.4 Å². The molecule has 7 nitrogen and oxygen atoms in total. The van der Waals surface area contributed by atoms with Gasteiger partial charge in [0.05, 0.1) is 10.6 Å². The minimum Gasteiger partial charge on any atom is -0.302 e. The molecule has 3 aromatic rings. The molecule has 2 aromatic heterocycles. The van der Waals surface area contributed by atoms with Crippen molar-refractivity contribution in [1.82, 2.24) is 9.29 Å². The molecule has 1 N–H and O–H groups in total. The van der Waals surface area contributed by atoms with Crippen LogP contribution in [0.2, 0.25) is 0 Å². The van der Waals surface area contributed by atoms with Crippen LogP contribution in [0.25, 0.3) is 11.3 Å². The molecule has 0 unspecified atom stereocenters. The molecule has 30 heavy (non-hydrogen) atoms. The maximum atomic E-state index is 12.4. The van der Waals surface area contributed by atoms with Crippen molar-refractivity contribution in [2.75, 3.05) is 18.9 Å². The highest BCUT2D eigenvalue weighted by atomic mass is 32.2. The summed E-state index contributed by atoms with van der Waals surface area (Å²) in [6.45, 7) is 1.69. The van der Waals surface area contributed by atoms with Crippen LogP contribution in [0.5, 0.6) is 0 Å². The minimum absolute atomic E-state index is 0.118. The maximum Gasteiger partial charge on any atom is 0.252 e. The third kappa shape index (κ3) is 5.20. The molecule has 0 aliphatic rings. The SMILES string of the molecule is CC(=O)c1sc(NC(=O)CCCN(C)S(=O)(=O)c2cccs2)nc1-c1ccccc1. The van der Waals surface area contributed by atoms with E-state index in [1.807, 2.05) is 30.3 Å². The monoisotopic (exact) mass is 463 g/mol. The smallest absolute Gasteiger partial charge is 0.252 e. The van der Waals surface area contributed by atoms with Gasteiger partial charge in [0, 0.05) is 32.5 Å². The molecule has 0 spiro atoms. The predicted octanol–water partition coefficient (Wildman–Crippen LogP) is 4.11. The van der Waals surface area contributed by atoms with Gasteiger partial charge in [0.1, 0.15) is 4.21 Å². The molecule has 0 aliphatic carbocycles. The summed E-state index contributed by atoms with van der Waals surface area (Å²) in [6, 6.07) is 12.6. The highest BCUT2D eigenvalue weighted by Gasteiger charge is 2.22. The van der Waals surface area contributed by atoms with Crippen molar-refractivity contribution in [2.24, 2.45) is 0 Å². The number of rotatable bonds is 9. The molecule has 1 amide bonds. The van der Waals surface area contributed by atoms with Crippen molar-refractivity contribution in [3.8, 4) is 11.3 Å². The van der Waals surface area contributed by atoms with Crippen molar-refractivity contribution in [1.29, 1.82) is 0 Å². The number of aromatic nitrogens is 1. The highest BCUT2D eigenvalue weighted by Crippen LogP contribution is 2.31. The number of thiophene rings is 1. The Kier molecular flexibility index (Phi) is 7.14. The van der Waals surface area contributed by atoms with E-state index in [2.05, 4.69) is 10.3 Å². The summed E-state index contributed by atoms with van der Waals surface area (Å²) < 4.78 is 26.3. The summed E-state index contributed by atoms with van der Waals surface area (Å²) in [7, 11) is -2.02. The van der Waals surface area contributed by atoms with Gasteiger partial charge in [0.25, 0.3) is 10.0 Å². The zero-order chi connectivity index (χ0) is 21.7. The number of hydrogen-bond donors (Lipinski definition) is 1. The second-order valence-electron chi connectivity index (χ2n) is 6.53. The van der Waals surface area contributed by atoms with E-state index in [-0.39, 0.29) is 28.9 Å². The highest BCUT2D eigenvalue weighted by molar-refractivity contribution is 7.91. The lowest BCUT2D eigenvalue weighted by molar-refractivity contribution is -0.116. The van der Waals surface area contributed by atoms with Gasteiger partial charge < -0.3 is 5.32 Å². The lowest BCUT2D eigenvalue weighted by Crippen LogP contribution is -2.28.